The predicted molar refractivity (Wildman–Crippen MR) is 116 cm³/mol. The molecule has 8 heteroatoms. The SMILES string of the molecule is C[C@@H](COc1ncnc2oc(-c3ccccc3)c(Br)c12)OC(CC(=O)O)C(C)(C)C. The van der Waals surface area contributed by atoms with Crippen LogP contribution in [0, 0.1) is 5.41 Å². The molecule has 3 aromatic rings. The van der Waals surface area contributed by atoms with Crippen LogP contribution in [0.1, 0.15) is 34.1 Å². The van der Waals surface area contributed by atoms with Crippen LogP contribution in [0.2, 0.25) is 0 Å². The molecule has 2 aromatic heterocycles. The van der Waals surface area contributed by atoms with Crippen molar-refractivity contribution in [2.45, 2.75) is 46.3 Å². The number of carbonyl (C=O) groups is 1. The summed E-state index contributed by atoms with van der Waals surface area (Å²) in [6, 6.07) is 9.69. The van der Waals surface area contributed by atoms with Crippen LogP contribution in [0.5, 0.6) is 5.88 Å². The fraction of sp³-hybridized carbons (Fsp3) is 0.409. The van der Waals surface area contributed by atoms with Crippen molar-refractivity contribution < 1.29 is 23.8 Å². The predicted octanol–water partition coefficient (Wildman–Crippen LogP) is 5.33. The normalized spacial score (nSPS) is 13.9. The lowest BCUT2D eigenvalue weighted by Gasteiger charge is -2.32. The maximum Gasteiger partial charge on any atom is 0.306 e. The van der Waals surface area contributed by atoms with E-state index in [1.165, 1.54) is 6.33 Å². The number of hydrogen-bond acceptors (Lipinski definition) is 6. The summed E-state index contributed by atoms with van der Waals surface area (Å²) in [4.78, 5) is 19.6. The van der Waals surface area contributed by atoms with Gasteiger partial charge in [-0.25, -0.2) is 9.97 Å². The first kappa shape index (κ1) is 22.2. The molecule has 0 aliphatic carbocycles. The molecular formula is C22H25BrN2O5. The fourth-order valence-electron chi connectivity index (χ4n) is 2.99. The van der Waals surface area contributed by atoms with Gasteiger partial charge < -0.3 is 19.0 Å². The van der Waals surface area contributed by atoms with Gasteiger partial charge >= 0.3 is 5.97 Å². The first-order chi connectivity index (χ1) is 14.2. The van der Waals surface area contributed by atoms with Gasteiger partial charge in [0.1, 0.15) is 18.3 Å². The highest BCUT2D eigenvalue weighted by Crippen LogP contribution is 2.40. The van der Waals surface area contributed by atoms with Crippen LogP contribution in [0.4, 0.5) is 0 Å². The molecule has 0 bridgehead atoms. The van der Waals surface area contributed by atoms with E-state index in [0.29, 0.717) is 27.2 Å². The van der Waals surface area contributed by atoms with E-state index in [0.717, 1.165) is 5.56 Å². The summed E-state index contributed by atoms with van der Waals surface area (Å²) in [5, 5.41) is 9.81. The third-order valence-electron chi connectivity index (χ3n) is 4.61. The lowest BCUT2D eigenvalue weighted by atomic mass is 9.87. The number of nitrogens with zero attached hydrogens (tertiary/aromatic N) is 2. The van der Waals surface area contributed by atoms with Crippen LogP contribution < -0.4 is 4.74 Å². The van der Waals surface area contributed by atoms with E-state index in [1.54, 1.807) is 0 Å². The standard InChI is InChI=1S/C22H25BrN2O5/c1-13(29-15(10-16(26)27)22(2,3)4)11-28-20-17-18(23)19(14-8-6-5-7-9-14)30-21(17)25-12-24-20/h5-9,12-13,15H,10-11H2,1-4H3,(H,26,27)/t13-,15?/m0/s1. The molecule has 0 aliphatic heterocycles. The molecule has 0 saturated carbocycles. The zero-order valence-corrected chi connectivity index (χ0v) is 19.0. The second kappa shape index (κ2) is 9.14. The summed E-state index contributed by atoms with van der Waals surface area (Å²) in [7, 11) is 0. The molecular weight excluding hydrogens is 452 g/mol. The molecule has 0 aliphatic rings. The first-order valence-corrected chi connectivity index (χ1v) is 10.4. The first-order valence-electron chi connectivity index (χ1n) is 9.65. The maximum absolute atomic E-state index is 11.2. The Bertz CT molecular complexity index is 1010. The van der Waals surface area contributed by atoms with Gasteiger partial charge in [-0.1, -0.05) is 51.1 Å². The van der Waals surface area contributed by atoms with Crippen molar-refractivity contribution in [3.05, 3.63) is 41.1 Å². The van der Waals surface area contributed by atoms with Gasteiger partial charge in [0.05, 0.1) is 23.1 Å². The van der Waals surface area contributed by atoms with E-state index in [4.69, 9.17) is 19.0 Å². The molecule has 30 heavy (non-hydrogen) atoms. The highest BCUT2D eigenvalue weighted by Gasteiger charge is 2.30. The Morgan fingerprint density at radius 2 is 1.93 bits per heavy atom. The Labute approximate surface area is 183 Å². The molecule has 1 N–H and O–H groups in total. The van der Waals surface area contributed by atoms with E-state index in [1.807, 2.05) is 58.0 Å². The summed E-state index contributed by atoms with van der Waals surface area (Å²) in [5.41, 5.74) is 1.01. The number of halogens is 1. The summed E-state index contributed by atoms with van der Waals surface area (Å²) < 4.78 is 18.5. The molecule has 0 fully saturated rings. The summed E-state index contributed by atoms with van der Waals surface area (Å²) in [6.07, 6.45) is 0.539. The smallest absolute Gasteiger partial charge is 0.306 e. The molecule has 0 saturated heterocycles. The average Bonchev–Trinajstić information content (AvgIpc) is 3.03. The highest BCUT2D eigenvalue weighted by molar-refractivity contribution is 9.10. The van der Waals surface area contributed by atoms with Crippen LogP contribution in [0.25, 0.3) is 22.4 Å². The largest absolute Gasteiger partial charge is 0.481 e. The zero-order valence-electron chi connectivity index (χ0n) is 17.4. The number of hydrogen-bond donors (Lipinski definition) is 1. The minimum atomic E-state index is -0.892. The zero-order chi connectivity index (χ0) is 21.9. The van der Waals surface area contributed by atoms with Gasteiger partial charge in [-0.3, -0.25) is 4.79 Å². The molecule has 0 radical (unpaired) electrons. The van der Waals surface area contributed by atoms with Gasteiger partial charge in [0.15, 0.2) is 5.76 Å². The number of fused-ring (bicyclic) bond motifs is 1. The second-order valence-corrected chi connectivity index (χ2v) is 8.97. The van der Waals surface area contributed by atoms with E-state index in [9.17, 15) is 4.79 Å². The maximum atomic E-state index is 11.2. The lowest BCUT2D eigenvalue weighted by Crippen LogP contribution is -2.36. The van der Waals surface area contributed by atoms with Crippen LogP contribution in [0.3, 0.4) is 0 Å². The van der Waals surface area contributed by atoms with Crippen molar-refractivity contribution in [3.8, 4) is 17.2 Å². The summed E-state index contributed by atoms with van der Waals surface area (Å²) in [5.74, 6) is 0.129. The number of carboxylic acids is 1. The van der Waals surface area contributed by atoms with Crippen LogP contribution >= 0.6 is 15.9 Å². The monoisotopic (exact) mass is 476 g/mol. The third-order valence-corrected chi connectivity index (χ3v) is 5.37. The topological polar surface area (TPSA) is 94.7 Å². The molecule has 0 amide bonds. The number of aromatic nitrogens is 2. The molecule has 7 nitrogen and oxygen atoms in total. The number of carboxylic acid groups (broad SMARTS) is 1. The second-order valence-electron chi connectivity index (χ2n) is 8.18. The van der Waals surface area contributed by atoms with Gasteiger partial charge in [-0.2, -0.15) is 0 Å². The van der Waals surface area contributed by atoms with Crippen molar-refractivity contribution in [2.24, 2.45) is 5.41 Å². The van der Waals surface area contributed by atoms with E-state index >= 15 is 0 Å². The van der Waals surface area contributed by atoms with Crippen molar-refractivity contribution >= 4 is 33.0 Å². The number of ether oxygens (including phenoxy) is 2. The van der Waals surface area contributed by atoms with Crippen molar-refractivity contribution in [1.29, 1.82) is 0 Å². The van der Waals surface area contributed by atoms with Gasteiger partial charge in [0.2, 0.25) is 11.6 Å². The highest BCUT2D eigenvalue weighted by atomic mass is 79.9. The lowest BCUT2D eigenvalue weighted by molar-refractivity contribution is -0.146. The van der Waals surface area contributed by atoms with E-state index < -0.39 is 12.1 Å². The minimum absolute atomic E-state index is 0.0701. The fourth-order valence-corrected chi connectivity index (χ4v) is 3.64. The molecule has 160 valence electrons. The van der Waals surface area contributed by atoms with Gasteiger partial charge in [0, 0.05) is 5.56 Å². The quantitative estimate of drug-likeness (QED) is 0.469. The Morgan fingerprint density at radius 1 is 1.23 bits per heavy atom. The van der Waals surface area contributed by atoms with Crippen molar-refractivity contribution in [1.82, 2.24) is 9.97 Å². The number of furan rings is 1. The molecule has 2 atom stereocenters. The Hall–Kier alpha value is -2.45. The molecule has 2 heterocycles. The van der Waals surface area contributed by atoms with Crippen molar-refractivity contribution in [3.63, 3.8) is 0 Å². The van der Waals surface area contributed by atoms with E-state index in [2.05, 4.69) is 25.9 Å². The summed E-state index contributed by atoms with van der Waals surface area (Å²) >= 11 is 3.59. The van der Waals surface area contributed by atoms with Gasteiger partial charge in [-0.05, 0) is 28.3 Å². The third kappa shape index (κ3) is 5.17. The van der Waals surface area contributed by atoms with Crippen LogP contribution in [0.15, 0.2) is 45.5 Å². The van der Waals surface area contributed by atoms with Crippen molar-refractivity contribution in [2.75, 3.05) is 6.61 Å². The minimum Gasteiger partial charge on any atom is -0.481 e. The molecule has 1 unspecified atom stereocenters. The number of rotatable bonds is 8. The van der Waals surface area contributed by atoms with Crippen LogP contribution in [-0.2, 0) is 9.53 Å². The van der Waals surface area contributed by atoms with Gasteiger partial charge in [0.25, 0.3) is 0 Å². The molecule has 3 rings (SSSR count). The number of aliphatic carboxylic acids is 1. The Morgan fingerprint density at radius 3 is 2.57 bits per heavy atom. The Kier molecular flexibility index (Phi) is 6.77. The van der Waals surface area contributed by atoms with Crippen LogP contribution in [-0.4, -0.2) is 39.9 Å². The van der Waals surface area contributed by atoms with E-state index in [-0.39, 0.29) is 24.5 Å². The molecule has 0 spiro atoms. The van der Waals surface area contributed by atoms with Gasteiger partial charge in [-0.15, -0.1) is 0 Å². The Balaban J connectivity index is 1.78. The summed E-state index contributed by atoms with van der Waals surface area (Å²) in [6.45, 7) is 7.91. The average molecular weight is 477 g/mol. The number of benzene rings is 1. The molecule has 1 aromatic carbocycles.